The second kappa shape index (κ2) is 11.2. The van der Waals surface area contributed by atoms with Crippen molar-refractivity contribution in [1.29, 1.82) is 0 Å². The van der Waals surface area contributed by atoms with Crippen LogP contribution in [0.5, 0.6) is 11.5 Å². The van der Waals surface area contributed by atoms with E-state index >= 15 is 0 Å². The molecule has 0 amide bonds. The van der Waals surface area contributed by atoms with Crippen molar-refractivity contribution in [2.45, 2.75) is 101 Å². The molecule has 0 bridgehead atoms. The Kier molecular flexibility index (Phi) is 8.74. The van der Waals surface area contributed by atoms with Crippen LogP contribution in [0.2, 0.25) is 0 Å². The lowest BCUT2D eigenvalue weighted by Crippen LogP contribution is -2.25. The molecule has 3 rings (SSSR count). The lowest BCUT2D eigenvalue weighted by Gasteiger charge is -2.30. The van der Waals surface area contributed by atoms with Gasteiger partial charge in [-0.2, -0.15) is 0 Å². The molecule has 3 aromatic carbocycles. The van der Waals surface area contributed by atoms with Gasteiger partial charge in [-0.05, 0) is 99.5 Å². The smallest absolute Gasteiger partial charge is 0.343 e. The highest BCUT2D eigenvalue weighted by atomic mass is 16.5. The SMILES string of the molecule is Cc1cc(C(C)(C)c2cc(C)c(OC(C)(C)C)c(C)c2)cc(C)c1OC(=O)c1ccc(CC(=O)C(C)(C)C)cc1. The molecule has 0 aromatic heterocycles. The molecular formula is C36H46O4. The number of aryl methyl sites for hydroxylation is 4. The molecular weight excluding hydrogens is 496 g/mol. The van der Waals surface area contributed by atoms with Crippen molar-refractivity contribution >= 4 is 11.8 Å². The third kappa shape index (κ3) is 7.21. The van der Waals surface area contributed by atoms with E-state index in [9.17, 15) is 9.59 Å². The second-order valence-electron chi connectivity index (χ2n) is 13.7. The van der Waals surface area contributed by atoms with Gasteiger partial charge >= 0.3 is 5.97 Å². The minimum Gasteiger partial charge on any atom is -0.488 e. The van der Waals surface area contributed by atoms with Crippen LogP contribution < -0.4 is 9.47 Å². The van der Waals surface area contributed by atoms with E-state index in [1.54, 1.807) is 12.1 Å². The fraction of sp³-hybridized carbons (Fsp3) is 0.444. The zero-order valence-corrected chi connectivity index (χ0v) is 26.5. The Hall–Kier alpha value is -3.40. The van der Waals surface area contributed by atoms with E-state index < -0.39 is 11.4 Å². The first-order chi connectivity index (χ1) is 18.3. The van der Waals surface area contributed by atoms with Gasteiger partial charge in [-0.25, -0.2) is 4.79 Å². The lowest BCUT2D eigenvalue weighted by atomic mass is 9.76. The highest BCUT2D eigenvalue weighted by Gasteiger charge is 2.28. The largest absolute Gasteiger partial charge is 0.488 e. The molecule has 0 fully saturated rings. The van der Waals surface area contributed by atoms with Crippen LogP contribution >= 0.6 is 0 Å². The Morgan fingerprint density at radius 1 is 0.650 bits per heavy atom. The molecule has 0 saturated carbocycles. The van der Waals surface area contributed by atoms with E-state index in [2.05, 4.69) is 72.7 Å². The molecule has 0 heterocycles. The van der Waals surface area contributed by atoms with E-state index in [1.807, 2.05) is 46.8 Å². The van der Waals surface area contributed by atoms with Crippen molar-refractivity contribution in [2.75, 3.05) is 0 Å². The molecule has 0 spiro atoms. The summed E-state index contributed by atoms with van der Waals surface area (Å²) in [5.74, 6) is 1.28. The van der Waals surface area contributed by atoms with Gasteiger partial charge in [0.25, 0.3) is 0 Å². The van der Waals surface area contributed by atoms with Crippen molar-refractivity contribution in [3.63, 3.8) is 0 Å². The fourth-order valence-electron chi connectivity index (χ4n) is 4.78. The molecule has 0 saturated heterocycles. The lowest BCUT2D eigenvalue weighted by molar-refractivity contribution is -0.125. The minimum absolute atomic E-state index is 0.164. The molecule has 0 unspecified atom stereocenters. The Labute approximate surface area is 241 Å². The van der Waals surface area contributed by atoms with Crippen molar-refractivity contribution in [3.05, 3.63) is 93.0 Å². The van der Waals surface area contributed by atoms with Crippen LogP contribution in [0.3, 0.4) is 0 Å². The standard InChI is InChI=1S/C36H46O4/c1-22-17-28(36(11,12)29-19-24(3)32(25(4)20-29)40-35(8,9)10)18-23(2)31(22)39-33(38)27-15-13-26(14-16-27)21-30(37)34(5,6)7/h13-20H,21H2,1-12H3. The molecule has 0 N–H and O–H groups in total. The number of carbonyl (C=O) groups is 2. The van der Waals surface area contributed by atoms with Crippen LogP contribution in [0.1, 0.15) is 105 Å². The second-order valence-corrected chi connectivity index (χ2v) is 13.7. The number of benzene rings is 3. The number of hydrogen-bond donors (Lipinski definition) is 0. The van der Waals surface area contributed by atoms with E-state index in [0.717, 1.165) is 39.1 Å². The number of Topliss-reactive ketones (excluding diaryl/α,β-unsaturated/α-hetero) is 1. The van der Waals surface area contributed by atoms with Gasteiger partial charge < -0.3 is 9.47 Å². The van der Waals surface area contributed by atoms with Gasteiger partial charge in [0.15, 0.2) is 0 Å². The van der Waals surface area contributed by atoms with Crippen LogP contribution in [-0.4, -0.2) is 17.4 Å². The minimum atomic E-state index is -0.410. The van der Waals surface area contributed by atoms with Gasteiger partial charge in [-0.15, -0.1) is 0 Å². The van der Waals surface area contributed by atoms with Gasteiger partial charge in [0.1, 0.15) is 22.9 Å². The number of ether oxygens (including phenoxy) is 2. The summed E-state index contributed by atoms with van der Waals surface area (Å²) in [6.07, 6.45) is 0.347. The van der Waals surface area contributed by atoms with E-state index in [-0.39, 0.29) is 16.8 Å². The maximum absolute atomic E-state index is 13.0. The van der Waals surface area contributed by atoms with Gasteiger partial charge in [0, 0.05) is 17.3 Å². The molecule has 0 radical (unpaired) electrons. The van der Waals surface area contributed by atoms with Gasteiger partial charge in [-0.3, -0.25) is 4.79 Å². The summed E-state index contributed by atoms with van der Waals surface area (Å²) in [5.41, 5.74) is 6.82. The normalized spacial score (nSPS) is 12.3. The van der Waals surface area contributed by atoms with Crippen LogP contribution in [-0.2, 0) is 16.6 Å². The molecule has 40 heavy (non-hydrogen) atoms. The highest BCUT2D eigenvalue weighted by molar-refractivity contribution is 5.92. The number of rotatable bonds is 7. The first-order valence-electron chi connectivity index (χ1n) is 14.1. The Morgan fingerprint density at radius 2 is 1.07 bits per heavy atom. The molecule has 0 aliphatic rings. The van der Waals surface area contributed by atoms with E-state index in [0.29, 0.717) is 17.7 Å². The zero-order chi connectivity index (χ0) is 30.2. The summed E-state index contributed by atoms with van der Waals surface area (Å²) in [4.78, 5) is 25.4. The Bertz CT molecular complexity index is 1360. The highest BCUT2D eigenvalue weighted by Crippen LogP contribution is 2.39. The average molecular weight is 543 g/mol. The van der Waals surface area contributed by atoms with Gasteiger partial charge in [0.2, 0.25) is 0 Å². The van der Waals surface area contributed by atoms with Crippen LogP contribution in [0.25, 0.3) is 0 Å². The molecule has 4 heteroatoms. The Morgan fingerprint density at radius 3 is 1.48 bits per heavy atom. The molecule has 0 aliphatic carbocycles. The summed E-state index contributed by atoms with van der Waals surface area (Å²) >= 11 is 0. The van der Waals surface area contributed by atoms with Crippen molar-refractivity contribution in [2.24, 2.45) is 5.41 Å². The Balaban J connectivity index is 1.84. The molecule has 0 aliphatic heterocycles. The molecule has 0 atom stereocenters. The summed E-state index contributed by atoms with van der Waals surface area (Å²) in [6.45, 7) is 24.5. The average Bonchev–Trinajstić information content (AvgIpc) is 2.82. The van der Waals surface area contributed by atoms with Crippen molar-refractivity contribution in [3.8, 4) is 11.5 Å². The third-order valence-corrected chi connectivity index (χ3v) is 7.36. The predicted octanol–water partition coefficient (Wildman–Crippen LogP) is 8.80. The summed E-state index contributed by atoms with van der Waals surface area (Å²) < 4.78 is 12.1. The first kappa shape index (κ1) is 31.1. The quantitative estimate of drug-likeness (QED) is 0.221. The third-order valence-electron chi connectivity index (χ3n) is 7.36. The molecule has 214 valence electrons. The van der Waals surface area contributed by atoms with E-state index in [4.69, 9.17) is 9.47 Å². The number of esters is 1. The van der Waals surface area contributed by atoms with Gasteiger partial charge in [-0.1, -0.05) is 71.0 Å². The zero-order valence-electron chi connectivity index (χ0n) is 26.5. The summed E-state index contributed by atoms with van der Waals surface area (Å²) in [5, 5.41) is 0. The van der Waals surface area contributed by atoms with E-state index in [1.165, 1.54) is 5.56 Å². The van der Waals surface area contributed by atoms with Crippen molar-refractivity contribution < 1.29 is 19.1 Å². The van der Waals surface area contributed by atoms with Crippen LogP contribution in [0, 0.1) is 33.1 Å². The summed E-state index contributed by atoms with van der Waals surface area (Å²) in [6, 6.07) is 15.8. The van der Waals surface area contributed by atoms with Crippen molar-refractivity contribution in [1.82, 2.24) is 0 Å². The van der Waals surface area contributed by atoms with Crippen LogP contribution in [0.15, 0.2) is 48.5 Å². The molecule has 4 nitrogen and oxygen atoms in total. The first-order valence-corrected chi connectivity index (χ1v) is 14.1. The number of hydrogen-bond acceptors (Lipinski definition) is 4. The summed E-state index contributed by atoms with van der Waals surface area (Å²) in [7, 11) is 0. The maximum Gasteiger partial charge on any atom is 0.343 e. The monoisotopic (exact) mass is 542 g/mol. The molecule has 3 aromatic rings. The number of carbonyl (C=O) groups excluding carboxylic acids is 2. The predicted molar refractivity (Wildman–Crippen MR) is 164 cm³/mol. The topological polar surface area (TPSA) is 52.6 Å². The fourth-order valence-corrected chi connectivity index (χ4v) is 4.78. The van der Waals surface area contributed by atoms with Gasteiger partial charge in [0.05, 0.1) is 5.56 Å². The van der Waals surface area contributed by atoms with Crippen LogP contribution in [0.4, 0.5) is 0 Å². The maximum atomic E-state index is 13.0. The number of ketones is 1.